The maximum Gasteiger partial charge on any atom is 0.421 e. The lowest BCUT2D eigenvalue weighted by Crippen LogP contribution is -2.41. The van der Waals surface area contributed by atoms with Crippen molar-refractivity contribution in [2.75, 3.05) is 0 Å². The fourth-order valence-electron chi connectivity index (χ4n) is 1.31. The van der Waals surface area contributed by atoms with Crippen LogP contribution in [0.2, 0.25) is 0 Å². The van der Waals surface area contributed by atoms with Gasteiger partial charge in [-0.3, -0.25) is 0 Å². The summed E-state index contributed by atoms with van der Waals surface area (Å²) in [5.74, 6) is -0.139. The fraction of sp³-hybridized carbons (Fsp3) is 0.400. The number of hydrogen-bond donors (Lipinski definition) is 2. The minimum absolute atomic E-state index is 0.139. The highest BCUT2D eigenvalue weighted by Gasteiger charge is 2.53. The highest BCUT2D eigenvalue weighted by Crippen LogP contribution is 2.41. The summed E-state index contributed by atoms with van der Waals surface area (Å²) in [5.41, 5.74) is -3.11. The van der Waals surface area contributed by atoms with Crippen LogP contribution in [0.4, 0.5) is 13.2 Å². The van der Waals surface area contributed by atoms with E-state index in [4.69, 9.17) is 5.11 Å². The van der Waals surface area contributed by atoms with Crippen molar-refractivity contribution in [3.8, 4) is 5.75 Å². The highest BCUT2D eigenvalue weighted by atomic mass is 19.4. The number of benzene rings is 1. The zero-order chi connectivity index (χ0) is 11.7. The first kappa shape index (κ1) is 11.8. The van der Waals surface area contributed by atoms with Gasteiger partial charge in [-0.05, 0) is 24.1 Å². The monoisotopic (exact) mass is 220 g/mol. The number of hydrogen-bond acceptors (Lipinski definition) is 2. The Morgan fingerprint density at radius 2 is 1.60 bits per heavy atom. The first-order valence-electron chi connectivity index (χ1n) is 4.40. The van der Waals surface area contributed by atoms with Crippen LogP contribution in [0, 0.1) is 0 Å². The van der Waals surface area contributed by atoms with E-state index in [0.29, 0.717) is 0 Å². The summed E-state index contributed by atoms with van der Waals surface area (Å²) in [5, 5.41) is 18.4. The molecule has 0 saturated heterocycles. The van der Waals surface area contributed by atoms with Crippen LogP contribution >= 0.6 is 0 Å². The number of aliphatic hydroxyl groups is 1. The number of alkyl halides is 3. The lowest BCUT2D eigenvalue weighted by molar-refractivity contribution is -0.267. The third kappa shape index (κ3) is 2.07. The van der Waals surface area contributed by atoms with Crippen molar-refractivity contribution < 1.29 is 23.4 Å². The molecule has 0 radical (unpaired) electrons. The number of rotatable bonds is 2. The summed E-state index contributed by atoms with van der Waals surface area (Å²) in [7, 11) is 0. The second-order valence-electron chi connectivity index (χ2n) is 3.26. The maximum atomic E-state index is 12.6. The van der Waals surface area contributed by atoms with Crippen LogP contribution in [0.3, 0.4) is 0 Å². The van der Waals surface area contributed by atoms with Crippen molar-refractivity contribution in [2.45, 2.75) is 25.1 Å². The van der Waals surface area contributed by atoms with Gasteiger partial charge in [-0.1, -0.05) is 19.1 Å². The van der Waals surface area contributed by atoms with Crippen molar-refractivity contribution >= 4 is 0 Å². The molecular formula is C10H11F3O2. The molecule has 5 heteroatoms. The van der Waals surface area contributed by atoms with Gasteiger partial charge in [0, 0.05) is 0 Å². The number of aromatic hydroxyl groups is 1. The normalized spacial score (nSPS) is 16.1. The minimum atomic E-state index is -4.72. The Labute approximate surface area is 85.0 Å². The van der Waals surface area contributed by atoms with E-state index in [1.165, 1.54) is 6.92 Å². The Bertz CT molecular complexity index is 332. The molecule has 84 valence electrons. The molecule has 15 heavy (non-hydrogen) atoms. The fourth-order valence-corrected chi connectivity index (χ4v) is 1.31. The molecule has 0 aromatic heterocycles. The largest absolute Gasteiger partial charge is 0.508 e. The van der Waals surface area contributed by atoms with Gasteiger partial charge < -0.3 is 10.2 Å². The van der Waals surface area contributed by atoms with Crippen LogP contribution in [-0.4, -0.2) is 16.4 Å². The van der Waals surface area contributed by atoms with Gasteiger partial charge in [-0.2, -0.15) is 13.2 Å². The molecular weight excluding hydrogens is 209 g/mol. The van der Waals surface area contributed by atoms with Crippen LogP contribution in [0.5, 0.6) is 5.75 Å². The van der Waals surface area contributed by atoms with Crippen LogP contribution in [0.15, 0.2) is 24.3 Å². The van der Waals surface area contributed by atoms with Crippen LogP contribution in [0.25, 0.3) is 0 Å². The lowest BCUT2D eigenvalue weighted by Gasteiger charge is -2.29. The predicted molar refractivity (Wildman–Crippen MR) is 48.3 cm³/mol. The van der Waals surface area contributed by atoms with Crippen molar-refractivity contribution in [3.05, 3.63) is 29.8 Å². The molecule has 0 heterocycles. The molecule has 0 aliphatic heterocycles. The molecule has 0 bridgehead atoms. The number of halogens is 3. The second kappa shape index (κ2) is 3.73. The Hall–Kier alpha value is -1.23. The Morgan fingerprint density at radius 1 is 1.13 bits per heavy atom. The summed E-state index contributed by atoms with van der Waals surface area (Å²) < 4.78 is 37.7. The summed E-state index contributed by atoms with van der Waals surface area (Å²) in [4.78, 5) is 0. The van der Waals surface area contributed by atoms with Gasteiger partial charge in [0.1, 0.15) is 5.75 Å². The first-order valence-corrected chi connectivity index (χ1v) is 4.40. The maximum absolute atomic E-state index is 12.6. The average molecular weight is 220 g/mol. The molecule has 1 unspecified atom stereocenters. The second-order valence-corrected chi connectivity index (χ2v) is 3.26. The third-order valence-corrected chi connectivity index (χ3v) is 2.33. The van der Waals surface area contributed by atoms with E-state index in [1.807, 2.05) is 0 Å². The molecule has 0 saturated carbocycles. The molecule has 2 N–H and O–H groups in total. The SMILES string of the molecule is CCC(O)(c1ccc(O)cc1)C(F)(F)F. The van der Waals surface area contributed by atoms with E-state index in [1.54, 1.807) is 0 Å². The predicted octanol–water partition coefficient (Wildman–Crippen LogP) is 2.55. The van der Waals surface area contributed by atoms with Gasteiger partial charge in [0.05, 0.1) is 0 Å². The van der Waals surface area contributed by atoms with E-state index < -0.39 is 18.2 Å². The van der Waals surface area contributed by atoms with Gasteiger partial charge in [-0.15, -0.1) is 0 Å². The molecule has 0 aliphatic carbocycles. The van der Waals surface area contributed by atoms with Crippen LogP contribution in [-0.2, 0) is 5.60 Å². The minimum Gasteiger partial charge on any atom is -0.508 e. The van der Waals surface area contributed by atoms with Gasteiger partial charge >= 0.3 is 6.18 Å². The average Bonchev–Trinajstić information content (AvgIpc) is 2.16. The molecule has 0 aliphatic rings. The Kier molecular flexibility index (Phi) is 2.95. The summed E-state index contributed by atoms with van der Waals surface area (Å²) in [6.45, 7) is 1.25. The molecule has 0 amide bonds. The highest BCUT2D eigenvalue weighted by molar-refractivity contribution is 5.30. The molecule has 1 aromatic carbocycles. The molecule has 1 aromatic rings. The van der Waals surface area contributed by atoms with E-state index in [2.05, 4.69) is 0 Å². The number of phenolic OH excluding ortho intramolecular Hbond substituents is 1. The van der Waals surface area contributed by atoms with Crippen molar-refractivity contribution in [2.24, 2.45) is 0 Å². The van der Waals surface area contributed by atoms with Crippen molar-refractivity contribution in [3.63, 3.8) is 0 Å². The van der Waals surface area contributed by atoms with Gasteiger partial charge in [-0.25, -0.2) is 0 Å². The lowest BCUT2D eigenvalue weighted by atomic mass is 9.90. The van der Waals surface area contributed by atoms with Gasteiger partial charge in [0.2, 0.25) is 0 Å². The molecule has 1 atom stereocenters. The summed E-state index contributed by atoms with van der Waals surface area (Å²) in [6.07, 6.45) is -5.19. The number of phenols is 1. The first-order chi connectivity index (χ1) is 6.81. The van der Waals surface area contributed by atoms with E-state index in [0.717, 1.165) is 24.3 Å². The van der Waals surface area contributed by atoms with Gasteiger partial charge in [0.25, 0.3) is 0 Å². The van der Waals surface area contributed by atoms with Crippen LogP contribution in [0.1, 0.15) is 18.9 Å². The van der Waals surface area contributed by atoms with Crippen molar-refractivity contribution in [1.29, 1.82) is 0 Å². The quantitative estimate of drug-likeness (QED) is 0.804. The molecule has 1 rings (SSSR count). The van der Waals surface area contributed by atoms with Gasteiger partial charge in [0.15, 0.2) is 5.60 Å². The van der Waals surface area contributed by atoms with E-state index >= 15 is 0 Å². The Balaban J connectivity index is 3.18. The van der Waals surface area contributed by atoms with Crippen molar-refractivity contribution in [1.82, 2.24) is 0 Å². The zero-order valence-electron chi connectivity index (χ0n) is 8.04. The summed E-state index contributed by atoms with van der Waals surface area (Å²) in [6, 6.07) is 4.35. The zero-order valence-corrected chi connectivity index (χ0v) is 8.04. The topological polar surface area (TPSA) is 40.5 Å². The molecule has 0 spiro atoms. The smallest absolute Gasteiger partial charge is 0.421 e. The molecule has 0 fully saturated rings. The van der Waals surface area contributed by atoms with E-state index in [9.17, 15) is 18.3 Å². The Morgan fingerprint density at radius 3 is 1.93 bits per heavy atom. The standard InChI is InChI=1S/C10H11F3O2/c1-2-9(15,10(11,12)13)7-3-5-8(14)6-4-7/h3-6,14-15H,2H2,1H3. The molecule has 2 nitrogen and oxygen atoms in total. The van der Waals surface area contributed by atoms with Crippen LogP contribution < -0.4 is 0 Å². The van der Waals surface area contributed by atoms with E-state index in [-0.39, 0.29) is 11.3 Å². The third-order valence-electron chi connectivity index (χ3n) is 2.33. The summed E-state index contributed by atoms with van der Waals surface area (Å²) >= 11 is 0.